The molecule has 0 N–H and O–H groups in total. The molecule has 1 fully saturated rings. The van der Waals surface area contributed by atoms with Gasteiger partial charge in [0.1, 0.15) is 5.60 Å². The maximum atomic E-state index is 13.0. The van der Waals surface area contributed by atoms with E-state index in [0.717, 1.165) is 11.6 Å². The normalized spacial score (nSPS) is 23.3. The van der Waals surface area contributed by atoms with Crippen molar-refractivity contribution in [1.82, 2.24) is 4.90 Å². The fourth-order valence-electron chi connectivity index (χ4n) is 3.66. The van der Waals surface area contributed by atoms with Crippen LogP contribution in [0.5, 0.6) is 0 Å². The molecule has 0 saturated carbocycles. The first-order chi connectivity index (χ1) is 11.5. The van der Waals surface area contributed by atoms with Crippen LogP contribution in [0.4, 0.5) is 23.7 Å². The highest BCUT2D eigenvalue weighted by Gasteiger charge is 2.42. The van der Waals surface area contributed by atoms with Crippen LogP contribution in [-0.2, 0) is 17.3 Å². The number of halogens is 3. The zero-order valence-corrected chi connectivity index (χ0v) is 14.9. The molecule has 25 heavy (non-hydrogen) atoms. The average Bonchev–Trinajstić information content (AvgIpc) is 2.82. The van der Waals surface area contributed by atoms with E-state index >= 15 is 0 Å². The van der Waals surface area contributed by atoms with E-state index in [9.17, 15) is 18.0 Å². The topological polar surface area (TPSA) is 32.8 Å². The Labute approximate surface area is 145 Å². The molecule has 0 aromatic heterocycles. The number of hydrogen-bond donors (Lipinski definition) is 0. The van der Waals surface area contributed by atoms with Crippen LogP contribution in [-0.4, -0.2) is 41.8 Å². The number of piperazine rings is 1. The third-order valence-corrected chi connectivity index (χ3v) is 4.58. The number of fused-ring (bicyclic) bond motifs is 3. The number of nitrogens with zero attached hydrogens (tertiary/aromatic N) is 2. The van der Waals surface area contributed by atoms with Crippen molar-refractivity contribution >= 4 is 11.8 Å². The third-order valence-electron chi connectivity index (χ3n) is 4.58. The molecule has 0 radical (unpaired) electrons. The molecule has 0 bridgehead atoms. The first kappa shape index (κ1) is 17.9. The monoisotopic (exact) mass is 356 g/mol. The predicted molar refractivity (Wildman–Crippen MR) is 88.7 cm³/mol. The number of amides is 1. The molecule has 2 atom stereocenters. The molecule has 0 aliphatic carbocycles. The number of carbonyl (C=O) groups is 1. The Morgan fingerprint density at radius 2 is 1.88 bits per heavy atom. The fraction of sp³-hybridized carbons (Fsp3) is 0.611. The highest BCUT2D eigenvalue weighted by Crippen LogP contribution is 2.40. The second-order valence-corrected chi connectivity index (χ2v) is 7.84. The van der Waals surface area contributed by atoms with Crippen molar-refractivity contribution in [3.8, 4) is 0 Å². The zero-order chi connectivity index (χ0) is 18.6. The minimum absolute atomic E-state index is 0.0187. The van der Waals surface area contributed by atoms with Gasteiger partial charge in [-0.25, -0.2) is 4.79 Å². The number of alkyl halides is 3. The van der Waals surface area contributed by atoms with Crippen molar-refractivity contribution in [3.05, 3.63) is 29.3 Å². The lowest BCUT2D eigenvalue weighted by Gasteiger charge is -2.44. The van der Waals surface area contributed by atoms with Gasteiger partial charge in [-0.3, -0.25) is 0 Å². The van der Waals surface area contributed by atoms with Gasteiger partial charge in [-0.05, 0) is 51.8 Å². The van der Waals surface area contributed by atoms with Crippen molar-refractivity contribution in [2.24, 2.45) is 0 Å². The molecule has 2 aliphatic heterocycles. The van der Waals surface area contributed by atoms with Crippen LogP contribution in [0.1, 0.15) is 38.8 Å². The van der Waals surface area contributed by atoms with E-state index in [4.69, 9.17) is 4.74 Å². The van der Waals surface area contributed by atoms with Gasteiger partial charge >= 0.3 is 12.3 Å². The maximum Gasteiger partial charge on any atom is 0.416 e. The van der Waals surface area contributed by atoms with E-state index in [-0.39, 0.29) is 18.2 Å². The highest BCUT2D eigenvalue weighted by molar-refractivity contribution is 5.70. The Morgan fingerprint density at radius 3 is 2.48 bits per heavy atom. The molecule has 7 heteroatoms. The first-order valence-corrected chi connectivity index (χ1v) is 8.42. The summed E-state index contributed by atoms with van der Waals surface area (Å²) < 4.78 is 44.5. The average molecular weight is 356 g/mol. The minimum Gasteiger partial charge on any atom is -0.444 e. The van der Waals surface area contributed by atoms with Crippen molar-refractivity contribution in [2.75, 3.05) is 18.0 Å². The quantitative estimate of drug-likeness (QED) is 0.702. The van der Waals surface area contributed by atoms with Gasteiger partial charge in [0.05, 0.1) is 11.6 Å². The molecular weight excluding hydrogens is 333 g/mol. The number of benzene rings is 1. The van der Waals surface area contributed by atoms with Gasteiger partial charge in [0.15, 0.2) is 0 Å². The summed E-state index contributed by atoms with van der Waals surface area (Å²) in [4.78, 5) is 16.0. The summed E-state index contributed by atoms with van der Waals surface area (Å²) in [5, 5.41) is 0. The molecule has 1 amide bonds. The third kappa shape index (κ3) is 3.55. The number of carbonyl (C=O) groups excluding carboxylic acids is 1. The molecule has 3 rings (SSSR count). The first-order valence-electron chi connectivity index (χ1n) is 8.42. The minimum atomic E-state index is -4.35. The van der Waals surface area contributed by atoms with Gasteiger partial charge in [0.25, 0.3) is 0 Å². The molecule has 4 nitrogen and oxygen atoms in total. The second kappa shape index (κ2) is 5.81. The van der Waals surface area contributed by atoms with E-state index in [1.807, 2.05) is 32.6 Å². The van der Waals surface area contributed by atoms with Crippen LogP contribution in [0.3, 0.4) is 0 Å². The number of ether oxygens (including phenoxy) is 1. The molecule has 1 aromatic carbocycles. The summed E-state index contributed by atoms with van der Waals surface area (Å²) in [6.45, 7) is 8.26. The van der Waals surface area contributed by atoms with Crippen molar-refractivity contribution in [1.29, 1.82) is 0 Å². The lowest BCUT2D eigenvalue weighted by atomic mass is 10.1. The molecular formula is C18H23F3N2O2. The van der Waals surface area contributed by atoms with E-state index in [0.29, 0.717) is 25.2 Å². The fourth-order valence-corrected chi connectivity index (χ4v) is 3.66. The van der Waals surface area contributed by atoms with Gasteiger partial charge in [-0.15, -0.1) is 0 Å². The molecule has 2 aliphatic rings. The van der Waals surface area contributed by atoms with Crippen LogP contribution in [0.15, 0.2) is 18.2 Å². The van der Waals surface area contributed by atoms with Crippen molar-refractivity contribution in [3.63, 3.8) is 0 Å². The standard InChI is InChI=1S/C18H23F3N2O2/c1-11-9-22(16(24)25-17(2,3)4)10-14-7-12-5-6-13(18(19,20)21)8-15(12)23(11)14/h5-6,8,11,14H,7,9-10H2,1-4H3/t11-,14+/m1/s1. The van der Waals surface area contributed by atoms with E-state index < -0.39 is 17.3 Å². The maximum absolute atomic E-state index is 13.0. The van der Waals surface area contributed by atoms with Gasteiger partial charge in [0, 0.05) is 24.8 Å². The SMILES string of the molecule is C[C@@H]1CN(C(=O)OC(C)(C)C)C[C@@H]2Cc3ccc(C(F)(F)F)cc3N21. The Kier molecular flexibility index (Phi) is 4.16. The van der Waals surface area contributed by atoms with Gasteiger partial charge in [-0.1, -0.05) is 6.07 Å². The predicted octanol–water partition coefficient (Wildman–Crippen LogP) is 4.08. The number of hydrogen-bond acceptors (Lipinski definition) is 3. The summed E-state index contributed by atoms with van der Waals surface area (Å²) >= 11 is 0. The van der Waals surface area contributed by atoms with Gasteiger partial charge in [-0.2, -0.15) is 13.2 Å². The van der Waals surface area contributed by atoms with Gasteiger partial charge < -0.3 is 14.5 Å². The Balaban J connectivity index is 1.81. The summed E-state index contributed by atoms with van der Waals surface area (Å²) in [6, 6.07) is 3.83. The summed E-state index contributed by atoms with van der Waals surface area (Å²) in [6.07, 6.45) is -4.09. The van der Waals surface area contributed by atoms with E-state index in [2.05, 4.69) is 0 Å². The highest BCUT2D eigenvalue weighted by atomic mass is 19.4. The number of rotatable bonds is 0. The lowest BCUT2D eigenvalue weighted by Crippen LogP contribution is -2.58. The van der Waals surface area contributed by atoms with Crippen LogP contribution in [0.2, 0.25) is 0 Å². The van der Waals surface area contributed by atoms with Crippen LogP contribution in [0.25, 0.3) is 0 Å². The summed E-state index contributed by atoms with van der Waals surface area (Å²) in [7, 11) is 0. The zero-order valence-electron chi connectivity index (χ0n) is 14.9. The Bertz CT molecular complexity index is 682. The molecule has 0 unspecified atom stereocenters. The number of anilines is 1. The van der Waals surface area contributed by atoms with Crippen LogP contribution in [0, 0.1) is 0 Å². The van der Waals surface area contributed by atoms with E-state index in [1.54, 1.807) is 11.0 Å². The molecule has 2 heterocycles. The molecule has 1 saturated heterocycles. The second-order valence-electron chi connectivity index (χ2n) is 7.84. The van der Waals surface area contributed by atoms with Crippen molar-refractivity contribution < 1.29 is 22.7 Å². The van der Waals surface area contributed by atoms with Crippen LogP contribution < -0.4 is 4.90 Å². The Morgan fingerprint density at radius 1 is 1.20 bits per heavy atom. The Hall–Kier alpha value is -1.92. The lowest BCUT2D eigenvalue weighted by molar-refractivity contribution is -0.137. The van der Waals surface area contributed by atoms with Gasteiger partial charge in [0.2, 0.25) is 0 Å². The molecule has 1 aromatic rings. The molecule has 138 valence electrons. The summed E-state index contributed by atoms with van der Waals surface area (Å²) in [5.41, 5.74) is 0.332. The smallest absolute Gasteiger partial charge is 0.416 e. The van der Waals surface area contributed by atoms with Crippen LogP contribution >= 0.6 is 0 Å². The molecule has 0 spiro atoms. The summed E-state index contributed by atoms with van der Waals surface area (Å²) in [5.74, 6) is 0. The largest absolute Gasteiger partial charge is 0.444 e. The van der Waals surface area contributed by atoms with Crippen molar-refractivity contribution in [2.45, 2.75) is 58.0 Å². The van der Waals surface area contributed by atoms with E-state index in [1.165, 1.54) is 6.07 Å².